The van der Waals surface area contributed by atoms with Crippen LogP contribution in [0, 0.1) is 5.92 Å². The lowest BCUT2D eigenvalue weighted by Gasteiger charge is -2.28. The van der Waals surface area contributed by atoms with Crippen LogP contribution in [0.2, 0.25) is 0 Å². The van der Waals surface area contributed by atoms with Crippen molar-refractivity contribution in [3.05, 3.63) is 18.5 Å². The van der Waals surface area contributed by atoms with Crippen molar-refractivity contribution in [1.82, 2.24) is 20.2 Å². The first-order chi connectivity index (χ1) is 9.78. The predicted molar refractivity (Wildman–Crippen MR) is 78.4 cm³/mol. The van der Waals surface area contributed by atoms with Crippen LogP contribution in [-0.2, 0) is 4.79 Å². The van der Waals surface area contributed by atoms with Crippen LogP contribution in [-0.4, -0.2) is 53.5 Å². The monoisotopic (exact) mass is 277 g/mol. The van der Waals surface area contributed by atoms with Gasteiger partial charge in [-0.2, -0.15) is 0 Å². The number of nitrogens with one attached hydrogen (secondary N) is 2. The molecule has 20 heavy (non-hydrogen) atoms. The minimum Gasteiger partial charge on any atom is -0.316 e. The summed E-state index contributed by atoms with van der Waals surface area (Å²) in [6.45, 7) is 6.49. The largest absolute Gasteiger partial charge is 0.316 e. The van der Waals surface area contributed by atoms with Crippen molar-refractivity contribution in [2.75, 3.05) is 38.0 Å². The quantitative estimate of drug-likeness (QED) is 0.802. The van der Waals surface area contributed by atoms with Crippen LogP contribution in [0.5, 0.6) is 0 Å². The fourth-order valence-corrected chi connectivity index (χ4v) is 2.48. The van der Waals surface area contributed by atoms with E-state index in [0.717, 1.165) is 26.2 Å². The maximum absolute atomic E-state index is 12.0. The summed E-state index contributed by atoms with van der Waals surface area (Å²) >= 11 is 0. The SMILES string of the molecule is CCN(CC(=O)Nc1ncccn1)CC1CCCNC1. The van der Waals surface area contributed by atoms with Gasteiger partial charge >= 0.3 is 0 Å². The van der Waals surface area contributed by atoms with Crippen LogP contribution in [0.3, 0.4) is 0 Å². The number of likely N-dealkylation sites (N-methyl/N-ethyl adjacent to an activating group) is 1. The molecule has 0 aromatic carbocycles. The fourth-order valence-electron chi connectivity index (χ4n) is 2.48. The van der Waals surface area contributed by atoms with Gasteiger partial charge in [-0.3, -0.25) is 15.0 Å². The minimum absolute atomic E-state index is 0.0539. The molecule has 6 nitrogen and oxygen atoms in total. The van der Waals surface area contributed by atoms with Crippen molar-refractivity contribution in [3.8, 4) is 0 Å². The zero-order valence-electron chi connectivity index (χ0n) is 12.0. The van der Waals surface area contributed by atoms with Gasteiger partial charge in [0.05, 0.1) is 6.54 Å². The molecule has 0 radical (unpaired) electrons. The summed E-state index contributed by atoms with van der Waals surface area (Å²) < 4.78 is 0. The molecular formula is C14H23N5O. The number of anilines is 1. The third-order valence-electron chi connectivity index (χ3n) is 3.55. The maximum Gasteiger partial charge on any atom is 0.240 e. The van der Waals surface area contributed by atoms with Gasteiger partial charge in [-0.15, -0.1) is 0 Å². The Hall–Kier alpha value is -1.53. The van der Waals surface area contributed by atoms with Crippen LogP contribution in [0.25, 0.3) is 0 Å². The molecule has 1 unspecified atom stereocenters. The third-order valence-corrected chi connectivity index (χ3v) is 3.55. The van der Waals surface area contributed by atoms with Gasteiger partial charge < -0.3 is 5.32 Å². The second-order valence-electron chi connectivity index (χ2n) is 5.16. The molecule has 1 saturated heterocycles. The number of aromatic nitrogens is 2. The van der Waals surface area contributed by atoms with E-state index in [4.69, 9.17) is 0 Å². The second-order valence-corrected chi connectivity index (χ2v) is 5.16. The van der Waals surface area contributed by atoms with Crippen LogP contribution in [0.1, 0.15) is 19.8 Å². The molecule has 1 atom stereocenters. The fraction of sp³-hybridized carbons (Fsp3) is 0.643. The number of amides is 1. The number of hydrogen-bond acceptors (Lipinski definition) is 5. The number of carbonyl (C=O) groups is 1. The van der Waals surface area contributed by atoms with Crippen molar-refractivity contribution in [3.63, 3.8) is 0 Å². The molecule has 0 bridgehead atoms. The number of hydrogen-bond donors (Lipinski definition) is 2. The highest BCUT2D eigenvalue weighted by Crippen LogP contribution is 2.11. The summed E-state index contributed by atoms with van der Waals surface area (Å²) in [5, 5.41) is 6.14. The lowest BCUT2D eigenvalue weighted by atomic mass is 9.99. The van der Waals surface area contributed by atoms with Crippen molar-refractivity contribution in [2.45, 2.75) is 19.8 Å². The van der Waals surface area contributed by atoms with E-state index in [1.807, 2.05) is 0 Å². The molecule has 0 spiro atoms. The summed E-state index contributed by atoms with van der Waals surface area (Å²) in [5.74, 6) is 0.958. The molecule has 110 valence electrons. The molecular weight excluding hydrogens is 254 g/mol. The number of nitrogens with zero attached hydrogens (tertiary/aromatic N) is 3. The summed E-state index contributed by atoms with van der Waals surface area (Å²) in [5.41, 5.74) is 0. The van der Waals surface area contributed by atoms with Gasteiger partial charge in [0.15, 0.2) is 0 Å². The van der Waals surface area contributed by atoms with Gasteiger partial charge in [0.2, 0.25) is 11.9 Å². The third kappa shape index (κ3) is 4.86. The lowest BCUT2D eigenvalue weighted by molar-refractivity contribution is -0.117. The zero-order valence-corrected chi connectivity index (χ0v) is 12.0. The summed E-state index contributed by atoms with van der Waals surface area (Å²) in [6, 6.07) is 1.73. The van der Waals surface area contributed by atoms with Crippen molar-refractivity contribution in [1.29, 1.82) is 0 Å². The average molecular weight is 277 g/mol. The second kappa shape index (κ2) is 7.91. The molecule has 2 rings (SSSR count). The lowest BCUT2D eigenvalue weighted by Crippen LogP contribution is -2.41. The highest BCUT2D eigenvalue weighted by atomic mass is 16.2. The van der Waals surface area contributed by atoms with Crippen molar-refractivity contribution in [2.24, 2.45) is 5.92 Å². The topological polar surface area (TPSA) is 70.2 Å². The van der Waals surface area contributed by atoms with Crippen LogP contribution in [0.15, 0.2) is 18.5 Å². The van der Waals surface area contributed by atoms with E-state index in [2.05, 4.69) is 32.4 Å². The summed E-state index contributed by atoms with van der Waals surface area (Å²) in [6.07, 6.45) is 5.71. The Morgan fingerprint density at radius 2 is 2.30 bits per heavy atom. The highest BCUT2D eigenvalue weighted by Gasteiger charge is 2.18. The van der Waals surface area contributed by atoms with Gasteiger partial charge in [-0.25, -0.2) is 9.97 Å². The summed E-state index contributed by atoms with van der Waals surface area (Å²) in [4.78, 5) is 22.1. The molecule has 1 aromatic heterocycles. The number of rotatable bonds is 6. The van der Waals surface area contributed by atoms with Crippen LogP contribution < -0.4 is 10.6 Å². The Bertz CT molecular complexity index is 405. The summed E-state index contributed by atoms with van der Waals surface area (Å²) in [7, 11) is 0. The molecule has 0 aliphatic carbocycles. The van der Waals surface area contributed by atoms with Gasteiger partial charge in [0.25, 0.3) is 0 Å². The van der Waals surface area contributed by atoms with Gasteiger partial charge in [0, 0.05) is 18.9 Å². The standard InChI is InChI=1S/C14H23N5O/c1-2-19(10-12-5-3-6-15-9-12)11-13(20)18-14-16-7-4-8-17-14/h4,7-8,12,15H,2-3,5-6,9-11H2,1H3,(H,16,17,18,20). The smallest absolute Gasteiger partial charge is 0.240 e. The average Bonchev–Trinajstić information content (AvgIpc) is 2.48. The van der Waals surface area contributed by atoms with E-state index in [0.29, 0.717) is 18.4 Å². The molecule has 1 amide bonds. The first-order valence-electron chi connectivity index (χ1n) is 7.28. The molecule has 1 aliphatic rings. The van der Waals surface area contributed by atoms with Crippen LogP contribution in [0.4, 0.5) is 5.95 Å². The van der Waals surface area contributed by atoms with Crippen LogP contribution >= 0.6 is 0 Å². The predicted octanol–water partition coefficient (Wildman–Crippen LogP) is 0.737. The Balaban J connectivity index is 1.78. The van der Waals surface area contributed by atoms with Gasteiger partial charge in [-0.1, -0.05) is 6.92 Å². The number of piperidine rings is 1. The molecule has 2 N–H and O–H groups in total. The molecule has 1 fully saturated rings. The van der Waals surface area contributed by atoms with Gasteiger partial charge in [0.1, 0.15) is 0 Å². The van der Waals surface area contributed by atoms with Gasteiger partial charge in [-0.05, 0) is 44.5 Å². The molecule has 0 saturated carbocycles. The molecule has 6 heteroatoms. The Morgan fingerprint density at radius 1 is 1.50 bits per heavy atom. The first-order valence-corrected chi connectivity index (χ1v) is 7.28. The highest BCUT2D eigenvalue weighted by molar-refractivity contribution is 5.90. The molecule has 1 aliphatic heterocycles. The Morgan fingerprint density at radius 3 is 2.95 bits per heavy atom. The normalized spacial score (nSPS) is 19.0. The number of carbonyl (C=O) groups excluding carboxylic acids is 1. The van der Waals surface area contributed by atoms with Crippen molar-refractivity contribution >= 4 is 11.9 Å². The van der Waals surface area contributed by atoms with Crippen molar-refractivity contribution < 1.29 is 4.79 Å². The van der Waals surface area contributed by atoms with E-state index in [1.54, 1.807) is 18.5 Å². The van der Waals surface area contributed by atoms with E-state index in [9.17, 15) is 4.79 Å². The zero-order chi connectivity index (χ0) is 14.2. The molecule has 2 heterocycles. The molecule has 1 aromatic rings. The van der Waals surface area contributed by atoms with E-state index >= 15 is 0 Å². The van der Waals surface area contributed by atoms with E-state index in [-0.39, 0.29) is 5.91 Å². The maximum atomic E-state index is 12.0. The van der Waals surface area contributed by atoms with E-state index < -0.39 is 0 Å². The first kappa shape index (κ1) is 14.9. The Labute approximate surface area is 120 Å². The minimum atomic E-state index is -0.0539. The van der Waals surface area contributed by atoms with E-state index in [1.165, 1.54) is 12.8 Å². The Kier molecular flexibility index (Phi) is 5.88.